The van der Waals surface area contributed by atoms with Gasteiger partial charge in [-0.15, -0.1) is 0 Å². The van der Waals surface area contributed by atoms with Crippen LogP contribution in [0.2, 0.25) is 0 Å². The lowest BCUT2D eigenvalue weighted by atomic mass is 10.1. The van der Waals surface area contributed by atoms with Crippen LogP contribution in [0.3, 0.4) is 0 Å². The Morgan fingerprint density at radius 2 is 1.54 bits per heavy atom. The van der Waals surface area contributed by atoms with Crippen LogP contribution in [0.15, 0.2) is 42.5 Å². The third kappa shape index (κ3) is 3.43. The molecule has 0 saturated carbocycles. The van der Waals surface area contributed by atoms with Gasteiger partial charge in [0.2, 0.25) is 5.91 Å². The lowest BCUT2D eigenvalue weighted by Crippen LogP contribution is -2.13. The summed E-state index contributed by atoms with van der Waals surface area (Å²) in [7, 11) is 0. The molecule has 3 rings (SSSR count). The molecule has 0 aliphatic heterocycles. The molecule has 1 heterocycles. The van der Waals surface area contributed by atoms with E-state index in [-0.39, 0.29) is 5.91 Å². The van der Waals surface area contributed by atoms with Crippen LogP contribution in [0, 0.1) is 0 Å². The van der Waals surface area contributed by atoms with Crippen molar-refractivity contribution in [3.8, 4) is 0 Å². The summed E-state index contributed by atoms with van der Waals surface area (Å²) >= 11 is 0. The molecular weight excluding hydrogens is 306 g/mol. The normalized spacial score (nSPS) is 10.6. The Labute approximate surface area is 138 Å². The molecule has 0 spiro atoms. The van der Waals surface area contributed by atoms with Gasteiger partial charge in [0.1, 0.15) is 0 Å². The van der Waals surface area contributed by atoms with E-state index in [1.54, 1.807) is 19.1 Å². The molecule has 6 heteroatoms. The first kappa shape index (κ1) is 15.7. The van der Waals surface area contributed by atoms with E-state index in [4.69, 9.17) is 4.74 Å². The highest BCUT2D eigenvalue weighted by Gasteiger charge is 2.06. The van der Waals surface area contributed by atoms with Crippen LogP contribution in [0.1, 0.15) is 13.8 Å². The zero-order valence-electron chi connectivity index (χ0n) is 13.4. The minimum absolute atomic E-state index is 0.129. The second-order valence-electron chi connectivity index (χ2n) is 5.33. The molecule has 2 amide bonds. The van der Waals surface area contributed by atoms with Crippen molar-refractivity contribution in [2.24, 2.45) is 0 Å². The number of ether oxygens (including phenoxy) is 1. The van der Waals surface area contributed by atoms with Crippen molar-refractivity contribution in [3.63, 3.8) is 0 Å². The Kier molecular flexibility index (Phi) is 4.29. The third-order valence-corrected chi connectivity index (χ3v) is 3.45. The second kappa shape index (κ2) is 6.54. The highest BCUT2D eigenvalue weighted by Crippen LogP contribution is 2.24. The summed E-state index contributed by atoms with van der Waals surface area (Å²) in [5, 5.41) is 7.34. The van der Waals surface area contributed by atoms with Crippen molar-refractivity contribution < 1.29 is 14.3 Å². The van der Waals surface area contributed by atoms with Crippen LogP contribution in [0.25, 0.3) is 21.8 Å². The zero-order valence-corrected chi connectivity index (χ0v) is 13.4. The molecule has 6 nitrogen and oxygen atoms in total. The number of anilines is 2. The standard InChI is InChI=1S/C18H17N3O3/c1-3-24-18(23)20-15-7-5-13-8-12-4-6-14(19-11(2)22)9-16(12)21-17(13)10-15/h4-10H,3H2,1-2H3,(H,19,22)(H,20,23). The number of fused-ring (bicyclic) bond motifs is 2. The van der Waals surface area contributed by atoms with E-state index in [0.29, 0.717) is 18.0 Å². The van der Waals surface area contributed by atoms with Gasteiger partial charge < -0.3 is 10.1 Å². The summed E-state index contributed by atoms with van der Waals surface area (Å²) in [5.74, 6) is -0.129. The number of carbonyl (C=O) groups is 2. The summed E-state index contributed by atoms with van der Waals surface area (Å²) in [5.41, 5.74) is 2.83. The Balaban J connectivity index is 1.99. The van der Waals surface area contributed by atoms with E-state index in [1.165, 1.54) is 6.92 Å². The number of nitrogens with one attached hydrogen (secondary N) is 2. The Bertz CT molecular complexity index is 937. The molecule has 0 atom stereocenters. The SMILES string of the molecule is CCOC(=O)Nc1ccc2cc3ccc(NC(C)=O)cc3nc2c1. The first-order valence-corrected chi connectivity index (χ1v) is 7.61. The fraction of sp³-hybridized carbons (Fsp3) is 0.167. The van der Waals surface area contributed by atoms with Crippen LogP contribution in [-0.4, -0.2) is 23.6 Å². The molecule has 1 aromatic heterocycles. The number of nitrogens with zero attached hydrogens (tertiary/aromatic N) is 1. The van der Waals surface area contributed by atoms with Crippen molar-refractivity contribution >= 4 is 45.2 Å². The van der Waals surface area contributed by atoms with Gasteiger partial charge in [0.05, 0.1) is 17.6 Å². The van der Waals surface area contributed by atoms with Crippen LogP contribution in [-0.2, 0) is 9.53 Å². The summed E-state index contributed by atoms with van der Waals surface area (Å²) < 4.78 is 4.87. The molecule has 3 aromatic rings. The van der Waals surface area contributed by atoms with E-state index in [9.17, 15) is 9.59 Å². The predicted molar refractivity (Wildman–Crippen MR) is 94.2 cm³/mol. The van der Waals surface area contributed by atoms with E-state index in [1.807, 2.05) is 30.3 Å². The highest BCUT2D eigenvalue weighted by atomic mass is 16.5. The Morgan fingerprint density at radius 1 is 0.958 bits per heavy atom. The van der Waals surface area contributed by atoms with Crippen molar-refractivity contribution in [1.82, 2.24) is 4.98 Å². The van der Waals surface area contributed by atoms with Gasteiger partial charge in [-0.2, -0.15) is 0 Å². The summed E-state index contributed by atoms with van der Waals surface area (Å²) in [6, 6.07) is 13.1. The van der Waals surface area contributed by atoms with Crippen molar-refractivity contribution in [1.29, 1.82) is 0 Å². The minimum atomic E-state index is -0.495. The van der Waals surface area contributed by atoms with Gasteiger partial charge in [0, 0.05) is 29.1 Å². The number of hydrogen-bond acceptors (Lipinski definition) is 4. The topological polar surface area (TPSA) is 80.3 Å². The third-order valence-electron chi connectivity index (χ3n) is 3.45. The lowest BCUT2D eigenvalue weighted by molar-refractivity contribution is -0.114. The van der Waals surface area contributed by atoms with Crippen molar-refractivity contribution in [3.05, 3.63) is 42.5 Å². The monoisotopic (exact) mass is 323 g/mol. The maximum atomic E-state index is 11.5. The minimum Gasteiger partial charge on any atom is -0.450 e. The number of hydrogen-bond donors (Lipinski definition) is 2. The molecule has 0 unspecified atom stereocenters. The van der Waals surface area contributed by atoms with Gasteiger partial charge >= 0.3 is 6.09 Å². The number of benzene rings is 2. The molecule has 2 aromatic carbocycles. The number of aromatic nitrogens is 1. The Morgan fingerprint density at radius 3 is 2.08 bits per heavy atom. The lowest BCUT2D eigenvalue weighted by Gasteiger charge is -2.08. The molecular formula is C18H17N3O3. The van der Waals surface area contributed by atoms with Gasteiger partial charge in [0.15, 0.2) is 0 Å². The van der Waals surface area contributed by atoms with Crippen LogP contribution in [0.5, 0.6) is 0 Å². The fourth-order valence-corrected chi connectivity index (χ4v) is 2.47. The van der Waals surface area contributed by atoms with Gasteiger partial charge in [-0.3, -0.25) is 10.1 Å². The Hall–Kier alpha value is -3.15. The van der Waals surface area contributed by atoms with E-state index < -0.39 is 6.09 Å². The molecule has 0 saturated heterocycles. The quantitative estimate of drug-likeness (QED) is 0.716. The highest BCUT2D eigenvalue weighted by molar-refractivity contribution is 5.98. The van der Waals surface area contributed by atoms with E-state index in [2.05, 4.69) is 15.6 Å². The van der Waals surface area contributed by atoms with Crippen LogP contribution < -0.4 is 10.6 Å². The summed E-state index contributed by atoms with van der Waals surface area (Å²) in [6.45, 7) is 3.53. The zero-order chi connectivity index (χ0) is 17.1. The maximum Gasteiger partial charge on any atom is 0.411 e. The van der Waals surface area contributed by atoms with E-state index in [0.717, 1.165) is 21.8 Å². The van der Waals surface area contributed by atoms with Gasteiger partial charge in [-0.05, 0) is 37.3 Å². The van der Waals surface area contributed by atoms with Crippen molar-refractivity contribution in [2.45, 2.75) is 13.8 Å². The molecule has 0 radical (unpaired) electrons. The van der Waals surface area contributed by atoms with Crippen LogP contribution in [0.4, 0.5) is 16.2 Å². The summed E-state index contributed by atoms with van der Waals surface area (Å²) in [6.07, 6.45) is -0.495. The number of carbonyl (C=O) groups excluding carboxylic acids is 2. The van der Waals surface area contributed by atoms with E-state index >= 15 is 0 Å². The van der Waals surface area contributed by atoms with Gasteiger partial charge in [-0.1, -0.05) is 12.1 Å². The van der Waals surface area contributed by atoms with Gasteiger partial charge in [-0.25, -0.2) is 9.78 Å². The number of rotatable bonds is 3. The molecule has 0 aliphatic carbocycles. The largest absolute Gasteiger partial charge is 0.450 e. The average molecular weight is 323 g/mol. The average Bonchev–Trinajstić information content (AvgIpc) is 2.52. The maximum absolute atomic E-state index is 11.5. The smallest absolute Gasteiger partial charge is 0.411 e. The molecule has 122 valence electrons. The van der Waals surface area contributed by atoms with Crippen molar-refractivity contribution in [2.75, 3.05) is 17.2 Å². The first-order valence-electron chi connectivity index (χ1n) is 7.61. The number of amides is 2. The molecule has 0 fully saturated rings. The molecule has 24 heavy (non-hydrogen) atoms. The predicted octanol–water partition coefficient (Wildman–Crippen LogP) is 3.91. The molecule has 0 aliphatic rings. The first-order chi connectivity index (χ1) is 11.5. The second-order valence-corrected chi connectivity index (χ2v) is 5.33. The molecule has 2 N–H and O–H groups in total. The number of pyridine rings is 1. The van der Waals surface area contributed by atoms with Crippen LogP contribution >= 0.6 is 0 Å². The molecule has 0 bridgehead atoms. The van der Waals surface area contributed by atoms with Gasteiger partial charge in [0.25, 0.3) is 0 Å². The fourth-order valence-electron chi connectivity index (χ4n) is 2.47. The summed E-state index contributed by atoms with van der Waals surface area (Å²) in [4.78, 5) is 27.3.